The maximum Gasteiger partial charge on any atom is 0.336 e. The summed E-state index contributed by atoms with van der Waals surface area (Å²) in [6.07, 6.45) is 1.40. The molecule has 1 amide bonds. The number of anilines is 1. The molecule has 136 valence electrons. The number of amides is 1. The van der Waals surface area contributed by atoms with Gasteiger partial charge >= 0.3 is 5.97 Å². The number of hydrogen-bond acceptors (Lipinski definition) is 5. The topological polar surface area (TPSA) is 85.8 Å². The second-order valence-corrected chi connectivity index (χ2v) is 7.05. The lowest BCUT2D eigenvalue weighted by Crippen LogP contribution is -2.66. The van der Waals surface area contributed by atoms with Crippen molar-refractivity contribution in [2.45, 2.75) is 18.4 Å². The molecule has 0 bridgehead atoms. The highest BCUT2D eigenvalue weighted by Gasteiger charge is 2.46. The molecular weight excluding hydrogens is 332 g/mol. The van der Waals surface area contributed by atoms with Gasteiger partial charge in [-0.05, 0) is 32.0 Å². The van der Waals surface area contributed by atoms with Crippen LogP contribution >= 0.6 is 0 Å². The fourth-order valence-corrected chi connectivity index (χ4v) is 4.10. The molecule has 3 heterocycles. The lowest BCUT2D eigenvalue weighted by atomic mass is 9.83. The number of nitrogens with one attached hydrogen (secondary N) is 1. The van der Waals surface area contributed by atoms with Crippen LogP contribution in [0, 0.1) is 0 Å². The molecule has 0 radical (unpaired) electrons. The Labute approximate surface area is 151 Å². The van der Waals surface area contributed by atoms with Crippen LogP contribution in [0.5, 0.6) is 0 Å². The Kier molecular flexibility index (Phi) is 4.03. The van der Waals surface area contributed by atoms with Gasteiger partial charge in [0.05, 0.1) is 11.1 Å². The van der Waals surface area contributed by atoms with Crippen molar-refractivity contribution >= 4 is 28.6 Å². The monoisotopic (exact) mass is 354 g/mol. The van der Waals surface area contributed by atoms with Gasteiger partial charge in [0, 0.05) is 31.6 Å². The van der Waals surface area contributed by atoms with Crippen LogP contribution < -0.4 is 10.2 Å². The lowest BCUT2D eigenvalue weighted by Gasteiger charge is -2.48. The third-order valence-corrected chi connectivity index (χ3v) is 5.73. The third-order valence-electron chi connectivity index (χ3n) is 5.73. The highest BCUT2D eigenvalue weighted by Crippen LogP contribution is 2.33. The Morgan fingerprint density at radius 1 is 1.23 bits per heavy atom. The number of benzene rings is 1. The Morgan fingerprint density at radius 3 is 2.65 bits per heavy atom. The molecule has 1 aromatic heterocycles. The van der Waals surface area contributed by atoms with Gasteiger partial charge in [0.2, 0.25) is 5.91 Å². The van der Waals surface area contributed by atoms with Crippen LogP contribution in [-0.2, 0) is 4.79 Å². The van der Waals surface area contributed by atoms with Gasteiger partial charge in [-0.15, -0.1) is 0 Å². The van der Waals surface area contributed by atoms with Gasteiger partial charge in [-0.3, -0.25) is 9.69 Å². The number of carbonyl (C=O) groups is 2. The van der Waals surface area contributed by atoms with Crippen LogP contribution in [0.25, 0.3) is 10.9 Å². The number of piperazine rings is 1. The molecule has 0 unspecified atom stereocenters. The number of rotatable bonds is 2. The summed E-state index contributed by atoms with van der Waals surface area (Å²) in [5.41, 5.74) is 0.481. The zero-order chi connectivity index (χ0) is 18.3. The van der Waals surface area contributed by atoms with Crippen LogP contribution in [-0.4, -0.2) is 65.6 Å². The van der Waals surface area contributed by atoms with Crippen LogP contribution in [0.15, 0.2) is 30.3 Å². The summed E-state index contributed by atoms with van der Waals surface area (Å²) in [4.78, 5) is 33.0. The predicted octanol–water partition coefficient (Wildman–Crippen LogP) is 1.33. The van der Waals surface area contributed by atoms with E-state index < -0.39 is 11.5 Å². The fourth-order valence-electron chi connectivity index (χ4n) is 4.10. The first kappa shape index (κ1) is 16.8. The van der Waals surface area contributed by atoms with Crippen LogP contribution in [0.3, 0.4) is 0 Å². The van der Waals surface area contributed by atoms with Crippen molar-refractivity contribution in [3.05, 3.63) is 35.9 Å². The summed E-state index contributed by atoms with van der Waals surface area (Å²) in [7, 11) is 2.01. The lowest BCUT2D eigenvalue weighted by molar-refractivity contribution is -0.137. The highest BCUT2D eigenvalue weighted by molar-refractivity contribution is 6.03. The molecule has 7 heteroatoms. The Balaban J connectivity index is 1.64. The average Bonchev–Trinajstić information content (AvgIpc) is 2.65. The van der Waals surface area contributed by atoms with Crippen molar-refractivity contribution in [3.8, 4) is 0 Å². The molecular formula is C19H22N4O3. The second kappa shape index (κ2) is 6.25. The summed E-state index contributed by atoms with van der Waals surface area (Å²) in [6.45, 7) is 2.88. The first-order chi connectivity index (χ1) is 12.5. The number of para-hydroxylation sites is 1. The summed E-state index contributed by atoms with van der Waals surface area (Å²) in [6, 6.07) is 8.93. The maximum absolute atomic E-state index is 12.5. The Morgan fingerprint density at radius 2 is 1.96 bits per heavy atom. The Hall–Kier alpha value is -2.67. The van der Waals surface area contributed by atoms with E-state index >= 15 is 0 Å². The van der Waals surface area contributed by atoms with E-state index in [1.165, 1.54) is 0 Å². The van der Waals surface area contributed by atoms with Gasteiger partial charge in [-0.2, -0.15) is 0 Å². The van der Waals surface area contributed by atoms with E-state index in [1.807, 2.05) is 25.2 Å². The largest absolute Gasteiger partial charge is 0.478 e. The molecule has 4 rings (SSSR count). The summed E-state index contributed by atoms with van der Waals surface area (Å²) in [5, 5.41) is 13.2. The molecule has 26 heavy (non-hydrogen) atoms. The van der Waals surface area contributed by atoms with Crippen LogP contribution in [0.1, 0.15) is 23.2 Å². The zero-order valence-electron chi connectivity index (χ0n) is 14.7. The van der Waals surface area contributed by atoms with Crippen molar-refractivity contribution in [1.82, 2.24) is 15.2 Å². The molecule has 0 saturated carbocycles. The second-order valence-electron chi connectivity index (χ2n) is 7.05. The standard InChI is InChI=1S/C19H22N4O3/c1-22-11-8-20-18(26)19(22)6-9-23(10-7-19)16-12-14(17(24)25)13-4-2-3-5-15(13)21-16/h2-5,12H,6-11H2,1H3,(H,20,26)(H,24,25). The first-order valence-electron chi connectivity index (χ1n) is 8.89. The number of aromatic carboxylic acids is 1. The van der Waals surface area contributed by atoms with Crippen molar-refractivity contribution in [2.24, 2.45) is 0 Å². The predicted molar refractivity (Wildman–Crippen MR) is 98.5 cm³/mol. The van der Waals surface area contributed by atoms with Gasteiger partial charge in [0.15, 0.2) is 0 Å². The van der Waals surface area contributed by atoms with Crippen molar-refractivity contribution in [2.75, 3.05) is 38.1 Å². The minimum Gasteiger partial charge on any atom is -0.478 e. The number of carboxylic acids is 1. The highest BCUT2D eigenvalue weighted by atomic mass is 16.4. The average molecular weight is 354 g/mol. The number of hydrogen-bond donors (Lipinski definition) is 2. The van der Waals surface area contributed by atoms with Gasteiger partial charge in [-0.25, -0.2) is 9.78 Å². The minimum atomic E-state index is -0.954. The number of carboxylic acid groups (broad SMARTS) is 1. The smallest absolute Gasteiger partial charge is 0.336 e. The number of pyridine rings is 1. The SMILES string of the molecule is CN1CCNC(=O)C12CCN(c1cc(C(=O)O)c3ccccc3n1)CC2. The number of piperidine rings is 1. The minimum absolute atomic E-state index is 0.101. The van der Waals surface area contributed by atoms with E-state index in [0.717, 1.165) is 6.54 Å². The third kappa shape index (κ3) is 2.59. The molecule has 1 spiro atoms. The number of aromatic nitrogens is 1. The summed E-state index contributed by atoms with van der Waals surface area (Å²) < 4.78 is 0. The van der Waals surface area contributed by atoms with Gasteiger partial charge in [-0.1, -0.05) is 18.2 Å². The normalized spacial score (nSPS) is 20.3. The molecule has 7 nitrogen and oxygen atoms in total. The van der Waals surface area contributed by atoms with E-state index in [0.29, 0.717) is 49.2 Å². The van der Waals surface area contributed by atoms with Crippen molar-refractivity contribution < 1.29 is 14.7 Å². The van der Waals surface area contributed by atoms with E-state index in [1.54, 1.807) is 12.1 Å². The quantitative estimate of drug-likeness (QED) is 0.846. The van der Waals surface area contributed by atoms with E-state index in [4.69, 9.17) is 0 Å². The summed E-state index contributed by atoms with van der Waals surface area (Å²) >= 11 is 0. The van der Waals surface area contributed by atoms with E-state index in [9.17, 15) is 14.7 Å². The Bertz CT molecular complexity index is 874. The fraction of sp³-hybridized carbons (Fsp3) is 0.421. The molecule has 2 N–H and O–H groups in total. The van der Waals surface area contributed by atoms with Crippen LogP contribution in [0.2, 0.25) is 0 Å². The maximum atomic E-state index is 12.5. The molecule has 2 fully saturated rings. The number of fused-ring (bicyclic) bond motifs is 1. The van der Waals surface area contributed by atoms with Gasteiger partial charge in [0.1, 0.15) is 11.4 Å². The molecule has 2 aliphatic rings. The molecule has 2 aliphatic heterocycles. The van der Waals surface area contributed by atoms with Crippen molar-refractivity contribution in [3.63, 3.8) is 0 Å². The van der Waals surface area contributed by atoms with E-state index in [-0.39, 0.29) is 11.5 Å². The molecule has 2 saturated heterocycles. The molecule has 1 aromatic carbocycles. The summed E-state index contributed by atoms with van der Waals surface area (Å²) in [5.74, 6) is -0.192. The van der Waals surface area contributed by atoms with Gasteiger partial charge < -0.3 is 15.3 Å². The number of nitrogens with zero attached hydrogens (tertiary/aromatic N) is 3. The van der Waals surface area contributed by atoms with E-state index in [2.05, 4.69) is 20.1 Å². The molecule has 2 aromatic rings. The first-order valence-corrected chi connectivity index (χ1v) is 8.89. The number of carbonyl (C=O) groups excluding carboxylic acids is 1. The molecule has 0 atom stereocenters. The number of likely N-dealkylation sites (N-methyl/N-ethyl adjacent to an activating group) is 1. The van der Waals surface area contributed by atoms with Crippen LogP contribution in [0.4, 0.5) is 5.82 Å². The molecule has 0 aliphatic carbocycles. The van der Waals surface area contributed by atoms with Gasteiger partial charge in [0.25, 0.3) is 0 Å². The van der Waals surface area contributed by atoms with Crippen molar-refractivity contribution in [1.29, 1.82) is 0 Å². The zero-order valence-corrected chi connectivity index (χ0v) is 14.7.